The Morgan fingerprint density at radius 2 is 2.16 bits per heavy atom. The zero-order valence-electron chi connectivity index (χ0n) is 10.8. The lowest BCUT2D eigenvalue weighted by atomic mass is 10.1. The van der Waals surface area contributed by atoms with Crippen molar-refractivity contribution < 1.29 is 13.2 Å². The number of benzene rings is 1. The van der Waals surface area contributed by atoms with Gasteiger partial charge in [0.25, 0.3) is 15.0 Å². The van der Waals surface area contributed by atoms with Gasteiger partial charge in [0, 0.05) is 22.3 Å². The van der Waals surface area contributed by atoms with Crippen molar-refractivity contribution in [3.05, 3.63) is 29.3 Å². The molecule has 0 saturated heterocycles. The molecule has 1 N–H and O–H groups in total. The molecule has 1 aliphatic rings. The molecule has 0 bridgehead atoms. The molecule has 1 aromatic carbocycles. The van der Waals surface area contributed by atoms with Crippen molar-refractivity contribution in [3.8, 4) is 0 Å². The number of amides is 1. The lowest BCUT2D eigenvalue weighted by molar-refractivity contribution is 0.0948. The van der Waals surface area contributed by atoms with Crippen LogP contribution in [0.2, 0.25) is 0 Å². The molecule has 4 nitrogen and oxygen atoms in total. The number of halogens is 1. The van der Waals surface area contributed by atoms with Crippen molar-refractivity contribution in [3.63, 3.8) is 0 Å². The van der Waals surface area contributed by atoms with Gasteiger partial charge in [0.05, 0.1) is 4.90 Å². The molecule has 104 valence electrons. The molecule has 0 radical (unpaired) electrons. The average Bonchev–Trinajstić information content (AvgIpc) is 3.05. The van der Waals surface area contributed by atoms with Crippen molar-refractivity contribution in [1.82, 2.24) is 5.32 Å². The monoisotopic (exact) mass is 301 g/mol. The van der Waals surface area contributed by atoms with Gasteiger partial charge in [-0.05, 0) is 43.0 Å². The Bertz CT molecular complexity index is 612. The van der Waals surface area contributed by atoms with Crippen molar-refractivity contribution in [2.75, 3.05) is 0 Å². The lowest BCUT2D eigenvalue weighted by Crippen LogP contribution is -2.27. The molecule has 1 fully saturated rings. The highest BCUT2D eigenvalue weighted by Gasteiger charge is 2.36. The molecule has 0 heterocycles. The standard InChI is InChI=1S/C13H16ClNO3S/c1-3-9-7-12(9)15-13(16)11-5-4-10(6-8(11)2)19(14,17)18/h4-6,9,12H,3,7H2,1-2H3,(H,15,16). The minimum absolute atomic E-state index is 0.0149. The van der Waals surface area contributed by atoms with Crippen LogP contribution in [0, 0.1) is 12.8 Å². The molecule has 0 aromatic heterocycles. The Labute approximate surface area is 117 Å². The van der Waals surface area contributed by atoms with Gasteiger partial charge in [-0.3, -0.25) is 4.79 Å². The van der Waals surface area contributed by atoms with E-state index in [0.29, 0.717) is 17.0 Å². The number of aryl methyl sites for hydroxylation is 1. The summed E-state index contributed by atoms with van der Waals surface area (Å²) in [7, 11) is 1.52. The van der Waals surface area contributed by atoms with Gasteiger partial charge in [-0.15, -0.1) is 0 Å². The van der Waals surface area contributed by atoms with Crippen LogP contribution in [0.15, 0.2) is 23.1 Å². The number of nitrogens with one attached hydrogen (secondary N) is 1. The van der Waals surface area contributed by atoms with E-state index in [2.05, 4.69) is 12.2 Å². The van der Waals surface area contributed by atoms with Crippen LogP contribution in [-0.2, 0) is 9.05 Å². The van der Waals surface area contributed by atoms with Gasteiger partial charge in [0.1, 0.15) is 0 Å². The molecule has 0 aliphatic heterocycles. The highest BCUT2D eigenvalue weighted by Crippen LogP contribution is 2.33. The molecule has 1 saturated carbocycles. The summed E-state index contributed by atoms with van der Waals surface area (Å²) in [4.78, 5) is 12.1. The molecule has 1 amide bonds. The highest BCUT2D eigenvalue weighted by atomic mass is 35.7. The van der Waals surface area contributed by atoms with Crippen LogP contribution in [0.5, 0.6) is 0 Å². The fourth-order valence-corrected chi connectivity index (χ4v) is 3.00. The zero-order valence-corrected chi connectivity index (χ0v) is 12.4. The van der Waals surface area contributed by atoms with Crippen LogP contribution >= 0.6 is 10.7 Å². The number of carbonyl (C=O) groups is 1. The number of hydrogen-bond donors (Lipinski definition) is 1. The van der Waals surface area contributed by atoms with Crippen LogP contribution in [0.25, 0.3) is 0 Å². The van der Waals surface area contributed by atoms with Crippen LogP contribution in [0.3, 0.4) is 0 Å². The number of rotatable bonds is 4. The lowest BCUT2D eigenvalue weighted by Gasteiger charge is -2.08. The van der Waals surface area contributed by atoms with Gasteiger partial charge in [-0.1, -0.05) is 13.3 Å². The Hall–Kier alpha value is -1.07. The normalized spacial score (nSPS) is 22.1. The molecule has 2 unspecified atom stereocenters. The quantitative estimate of drug-likeness (QED) is 0.869. The first-order chi connectivity index (χ1) is 8.82. The first kappa shape index (κ1) is 14.3. The molecular formula is C13H16ClNO3S. The molecule has 0 spiro atoms. The summed E-state index contributed by atoms with van der Waals surface area (Å²) in [6.07, 6.45) is 2.09. The van der Waals surface area contributed by atoms with Gasteiger partial charge in [0.15, 0.2) is 0 Å². The maximum Gasteiger partial charge on any atom is 0.261 e. The van der Waals surface area contributed by atoms with Gasteiger partial charge in [-0.2, -0.15) is 0 Å². The molecule has 6 heteroatoms. The minimum atomic E-state index is -3.75. The summed E-state index contributed by atoms with van der Waals surface area (Å²) in [5.74, 6) is 0.420. The summed E-state index contributed by atoms with van der Waals surface area (Å²) in [6.45, 7) is 3.80. The maximum absolute atomic E-state index is 12.0. The smallest absolute Gasteiger partial charge is 0.261 e. The van der Waals surface area contributed by atoms with Gasteiger partial charge < -0.3 is 5.32 Å². The van der Waals surface area contributed by atoms with Crippen molar-refractivity contribution in [1.29, 1.82) is 0 Å². The van der Waals surface area contributed by atoms with E-state index in [1.165, 1.54) is 18.2 Å². The summed E-state index contributed by atoms with van der Waals surface area (Å²) in [6, 6.07) is 4.53. The van der Waals surface area contributed by atoms with E-state index < -0.39 is 9.05 Å². The van der Waals surface area contributed by atoms with Gasteiger partial charge >= 0.3 is 0 Å². The van der Waals surface area contributed by atoms with Crippen LogP contribution < -0.4 is 5.32 Å². The number of hydrogen-bond acceptors (Lipinski definition) is 3. The van der Waals surface area contributed by atoms with Crippen molar-refractivity contribution >= 4 is 25.6 Å². The first-order valence-electron chi connectivity index (χ1n) is 6.19. The second-order valence-corrected chi connectivity index (χ2v) is 7.46. The second-order valence-electron chi connectivity index (χ2n) is 4.90. The molecular weight excluding hydrogens is 286 g/mol. The SMILES string of the molecule is CCC1CC1NC(=O)c1ccc(S(=O)(=O)Cl)cc1C. The Balaban J connectivity index is 2.15. The van der Waals surface area contributed by atoms with E-state index >= 15 is 0 Å². The predicted molar refractivity (Wildman–Crippen MR) is 73.9 cm³/mol. The fraction of sp³-hybridized carbons (Fsp3) is 0.462. The van der Waals surface area contributed by atoms with Crippen molar-refractivity contribution in [2.24, 2.45) is 5.92 Å². The summed E-state index contributed by atoms with van der Waals surface area (Å²) >= 11 is 0. The molecule has 2 rings (SSSR count). The fourth-order valence-electron chi connectivity index (χ4n) is 2.16. The Morgan fingerprint density at radius 3 is 2.63 bits per heavy atom. The van der Waals surface area contributed by atoms with Crippen LogP contribution in [0.4, 0.5) is 0 Å². The Morgan fingerprint density at radius 1 is 1.47 bits per heavy atom. The van der Waals surface area contributed by atoms with E-state index in [4.69, 9.17) is 10.7 Å². The maximum atomic E-state index is 12.0. The van der Waals surface area contributed by atoms with Gasteiger partial charge in [-0.25, -0.2) is 8.42 Å². The van der Waals surface area contributed by atoms with E-state index in [1.807, 2.05) is 0 Å². The predicted octanol–water partition coefficient (Wildman–Crippen LogP) is 2.45. The van der Waals surface area contributed by atoms with E-state index in [9.17, 15) is 13.2 Å². The van der Waals surface area contributed by atoms with Crippen LogP contribution in [0.1, 0.15) is 35.7 Å². The molecule has 2 atom stereocenters. The third-order valence-electron chi connectivity index (χ3n) is 3.49. The van der Waals surface area contributed by atoms with Crippen molar-refractivity contribution in [2.45, 2.75) is 37.6 Å². The molecule has 1 aliphatic carbocycles. The van der Waals surface area contributed by atoms with E-state index in [1.54, 1.807) is 6.92 Å². The summed E-state index contributed by atoms with van der Waals surface area (Å²) in [5.41, 5.74) is 1.10. The highest BCUT2D eigenvalue weighted by molar-refractivity contribution is 8.13. The van der Waals surface area contributed by atoms with Gasteiger partial charge in [0.2, 0.25) is 0 Å². The first-order valence-corrected chi connectivity index (χ1v) is 8.50. The zero-order chi connectivity index (χ0) is 14.2. The average molecular weight is 302 g/mol. The Kier molecular flexibility index (Phi) is 3.87. The van der Waals surface area contributed by atoms with E-state index in [-0.39, 0.29) is 16.8 Å². The third-order valence-corrected chi connectivity index (χ3v) is 4.84. The largest absolute Gasteiger partial charge is 0.349 e. The molecule has 19 heavy (non-hydrogen) atoms. The minimum Gasteiger partial charge on any atom is -0.349 e. The van der Waals surface area contributed by atoms with E-state index in [0.717, 1.165) is 12.8 Å². The topological polar surface area (TPSA) is 63.2 Å². The second kappa shape index (κ2) is 5.13. The van der Waals surface area contributed by atoms with Crippen LogP contribution in [-0.4, -0.2) is 20.4 Å². The number of carbonyl (C=O) groups excluding carboxylic acids is 1. The third kappa shape index (κ3) is 3.28. The summed E-state index contributed by atoms with van der Waals surface area (Å²) < 4.78 is 22.4. The molecule has 1 aromatic rings. The summed E-state index contributed by atoms with van der Waals surface area (Å²) in [5, 5.41) is 2.95.